The molecule has 0 saturated heterocycles. The van der Waals surface area contributed by atoms with E-state index in [0.717, 1.165) is 39.4 Å². The maximum atomic E-state index is 12.5. The van der Waals surface area contributed by atoms with Gasteiger partial charge in [0, 0.05) is 23.1 Å². The van der Waals surface area contributed by atoms with E-state index in [1.54, 1.807) is 7.11 Å². The van der Waals surface area contributed by atoms with Gasteiger partial charge in [-0.05, 0) is 49.7 Å². The summed E-state index contributed by atoms with van der Waals surface area (Å²) in [4.78, 5) is 17.8. The molecule has 0 fully saturated rings. The molecule has 5 rings (SSSR count). The standard InChI is InChI=1S/C24H22N6O2S2/c1-4-20-28-30-21(31)13-17(25-23(30)34-20)14-33-24-27-26-22(16-7-11-19(32-3)12-8-16)29(24)18-9-5-15(2)6-10-18/h5-13H,4,14H2,1-3H3. The number of fused-ring (bicyclic) bond motifs is 1. The molecular weight excluding hydrogens is 468 g/mol. The molecule has 2 aromatic carbocycles. The summed E-state index contributed by atoms with van der Waals surface area (Å²) in [7, 11) is 1.64. The molecule has 0 aliphatic heterocycles. The number of ether oxygens (including phenoxy) is 1. The van der Waals surface area contributed by atoms with Gasteiger partial charge >= 0.3 is 0 Å². The molecule has 3 aromatic heterocycles. The van der Waals surface area contributed by atoms with E-state index < -0.39 is 0 Å². The van der Waals surface area contributed by atoms with Gasteiger partial charge in [0.05, 0.1) is 12.8 Å². The molecule has 0 aliphatic carbocycles. The van der Waals surface area contributed by atoms with Crippen LogP contribution in [-0.4, -0.2) is 36.5 Å². The highest BCUT2D eigenvalue weighted by Gasteiger charge is 2.17. The molecule has 3 heterocycles. The maximum Gasteiger partial charge on any atom is 0.275 e. The van der Waals surface area contributed by atoms with Crippen LogP contribution in [0.2, 0.25) is 0 Å². The average molecular weight is 491 g/mol. The Morgan fingerprint density at radius 2 is 1.82 bits per heavy atom. The fourth-order valence-corrected chi connectivity index (χ4v) is 5.17. The van der Waals surface area contributed by atoms with Crippen molar-refractivity contribution in [3.8, 4) is 22.8 Å². The van der Waals surface area contributed by atoms with Gasteiger partial charge in [-0.2, -0.15) is 9.61 Å². The Balaban J connectivity index is 1.51. The summed E-state index contributed by atoms with van der Waals surface area (Å²) in [6.07, 6.45) is 0.769. The zero-order chi connectivity index (χ0) is 23.7. The molecule has 0 atom stereocenters. The predicted molar refractivity (Wildman–Crippen MR) is 134 cm³/mol. The zero-order valence-corrected chi connectivity index (χ0v) is 20.6. The second-order valence-electron chi connectivity index (χ2n) is 7.62. The maximum absolute atomic E-state index is 12.5. The summed E-state index contributed by atoms with van der Waals surface area (Å²) in [5, 5.41) is 14.9. The molecule has 10 heteroatoms. The van der Waals surface area contributed by atoms with Crippen molar-refractivity contribution >= 4 is 28.1 Å². The van der Waals surface area contributed by atoms with Crippen molar-refractivity contribution < 1.29 is 4.74 Å². The number of rotatable bonds is 7. The van der Waals surface area contributed by atoms with Crippen LogP contribution in [0.25, 0.3) is 22.0 Å². The van der Waals surface area contributed by atoms with Gasteiger partial charge in [0.15, 0.2) is 11.0 Å². The Kier molecular flexibility index (Phi) is 6.16. The van der Waals surface area contributed by atoms with Crippen LogP contribution in [0.3, 0.4) is 0 Å². The fraction of sp³-hybridized carbons (Fsp3) is 0.208. The molecule has 5 aromatic rings. The first-order valence-electron chi connectivity index (χ1n) is 10.7. The molecule has 0 saturated carbocycles. The van der Waals surface area contributed by atoms with Crippen LogP contribution in [0, 0.1) is 6.92 Å². The van der Waals surface area contributed by atoms with Crippen molar-refractivity contribution in [2.24, 2.45) is 0 Å². The average Bonchev–Trinajstić information content (AvgIpc) is 3.48. The van der Waals surface area contributed by atoms with Crippen LogP contribution in [0.4, 0.5) is 0 Å². The molecule has 172 valence electrons. The summed E-state index contributed by atoms with van der Waals surface area (Å²) in [5.74, 6) is 1.99. The first-order valence-corrected chi connectivity index (χ1v) is 12.5. The van der Waals surface area contributed by atoms with Gasteiger partial charge in [-0.25, -0.2) is 4.98 Å². The summed E-state index contributed by atoms with van der Waals surface area (Å²) in [5.41, 5.74) is 3.57. The molecule has 0 unspecified atom stereocenters. The van der Waals surface area contributed by atoms with E-state index >= 15 is 0 Å². The van der Waals surface area contributed by atoms with Gasteiger partial charge in [0.25, 0.3) is 5.56 Å². The monoisotopic (exact) mass is 490 g/mol. The van der Waals surface area contributed by atoms with Crippen LogP contribution in [0.5, 0.6) is 5.75 Å². The normalized spacial score (nSPS) is 11.3. The summed E-state index contributed by atoms with van der Waals surface area (Å²) < 4.78 is 8.69. The SMILES string of the molecule is CCc1nn2c(=O)cc(CSc3nnc(-c4ccc(OC)cc4)n3-c3ccc(C)cc3)nc2s1. The van der Waals surface area contributed by atoms with E-state index in [2.05, 4.69) is 51.5 Å². The minimum Gasteiger partial charge on any atom is -0.497 e. The van der Waals surface area contributed by atoms with Crippen molar-refractivity contribution in [3.05, 3.63) is 81.2 Å². The Labute approximate surface area is 204 Å². The predicted octanol–water partition coefficient (Wildman–Crippen LogP) is 4.57. The van der Waals surface area contributed by atoms with E-state index in [0.29, 0.717) is 16.4 Å². The van der Waals surface area contributed by atoms with Gasteiger partial charge in [-0.3, -0.25) is 9.36 Å². The number of aromatic nitrogens is 6. The molecule has 0 bridgehead atoms. The van der Waals surface area contributed by atoms with Crippen molar-refractivity contribution in [2.75, 3.05) is 7.11 Å². The highest BCUT2D eigenvalue weighted by atomic mass is 32.2. The fourth-order valence-electron chi connectivity index (χ4n) is 3.47. The summed E-state index contributed by atoms with van der Waals surface area (Å²) >= 11 is 2.93. The number of benzene rings is 2. The number of aryl methyl sites for hydroxylation is 2. The lowest BCUT2D eigenvalue weighted by molar-refractivity contribution is 0.415. The van der Waals surface area contributed by atoms with Crippen LogP contribution >= 0.6 is 23.1 Å². The highest BCUT2D eigenvalue weighted by molar-refractivity contribution is 7.98. The summed E-state index contributed by atoms with van der Waals surface area (Å²) in [6, 6.07) is 17.5. The molecule has 0 spiro atoms. The molecule has 34 heavy (non-hydrogen) atoms. The van der Waals surface area contributed by atoms with Crippen molar-refractivity contribution in [3.63, 3.8) is 0 Å². The molecular formula is C24H22N6O2S2. The highest BCUT2D eigenvalue weighted by Crippen LogP contribution is 2.30. The Morgan fingerprint density at radius 3 is 2.53 bits per heavy atom. The van der Waals surface area contributed by atoms with Crippen LogP contribution in [-0.2, 0) is 12.2 Å². The van der Waals surface area contributed by atoms with Crippen LogP contribution in [0.15, 0.2) is 64.5 Å². The van der Waals surface area contributed by atoms with Gasteiger partial charge in [-0.15, -0.1) is 10.2 Å². The third kappa shape index (κ3) is 4.34. The quantitative estimate of drug-likeness (QED) is 0.309. The molecule has 0 radical (unpaired) electrons. The number of hydrogen-bond donors (Lipinski definition) is 0. The van der Waals surface area contributed by atoms with Crippen LogP contribution in [0.1, 0.15) is 23.2 Å². The third-order valence-corrected chi connectivity index (χ3v) is 7.28. The lowest BCUT2D eigenvalue weighted by atomic mass is 10.2. The zero-order valence-electron chi connectivity index (χ0n) is 18.9. The van der Waals surface area contributed by atoms with Crippen molar-refractivity contribution in [1.29, 1.82) is 0 Å². The molecule has 8 nitrogen and oxygen atoms in total. The molecule has 0 N–H and O–H groups in total. The van der Waals surface area contributed by atoms with Gasteiger partial charge < -0.3 is 4.74 Å². The van der Waals surface area contributed by atoms with Gasteiger partial charge in [0.2, 0.25) is 4.96 Å². The lowest BCUT2D eigenvalue weighted by Gasteiger charge is -2.11. The van der Waals surface area contributed by atoms with E-state index in [4.69, 9.17) is 4.74 Å². The third-order valence-electron chi connectivity index (χ3n) is 5.27. The summed E-state index contributed by atoms with van der Waals surface area (Å²) in [6.45, 7) is 4.07. The number of methoxy groups -OCH3 is 1. The Bertz CT molecular complexity index is 1500. The first-order chi connectivity index (χ1) is 16.6. The first kappa shape index (κ1) is 22.3. The second kappa shape index (κ2) is 9.40. The van der Waals surface area contributed by atoms with E-state index in [1.165, 1.54) is 39.2 Å². The Morgan fingerprint density at radius 1 is 1.06 bits per heavy atom. The van der Waals surface area contributed by atoms with Crippen molar-refractivity contribution in [2.45, 2.75) is 31.2 Å². The number of nitrogens with zero attached hydrogens (tertiary/aromatic N) is 6. The minimum absolute atomic E-state index is 0.171. The lowest BCUT2D eigenvalue weighted by Crippen LogP contribution is -2.15. The van der Waals surface area contributed by atoms with Crippen molar-refractivity contribution in [1.82, 2.24) is 29.4 Å². The largest absolute Gasteiger partial charge is 0.497 e. The minimum atomic E-state index is -0.171. The number of hydrogen-bond acceptors (Lipinski definition) is 8. The second-order valence-corrected chi connectivity index (χ2v) is 9.61. The van der Waals surface area contributed by atoms with E-state index in [9.17, 15) is 4.79 Å². The van der Waals surface area contributed by atoms with Gasteiger partial charge in [-0.1, -0.05) is 47.7 Å². The smallest absolute Gasteiger partial charge is 0.275 e. The topological polar surface area (TPSA) is 87.2 Å². The molecule has 0 aliphatic rings. The molecule has 0 amide bonds. The van der Waals surface area contributed by atoms with E-state index in [-0.39, 0.29) is 5.56 Å². The van der Waals surface area contributed by atoms with Crippen LogP contribution < -0.4 is 10.3 Å². The Hall–Kier alpha value is -3.50. The van der Waals surface area contributed by atoms with E-state index in [1.807, 2.05) is 35.8 Å². The van der Waals surface area contributed by atoms with Gasteiger partial charge in [0.1, 0.15) is 10.8 Å². The number of thioether (sulfide) groups is 1.